The molecule has 1 heterocycles. The third-order valence-electron chi connectivity index (χ3n) is 3.24. The van der Waals surface area contributed by atoms with Gasteiger partial charge in [0.15, 0.2) is 0 Å². The summed E-state index contributed by atoms with van der Waals surface area (Å²) in [4.78, 5) is 13.9. The van der Waals surface area contributed by atoms with E-state index in [1.165, 1.54) is 6.42 Å². The van der Waals surface area contributed by atoms with Crippen LogP contribution in [0.1, 0.15) is 46.0 Å². The molecule has 2 atom stereocenters. The van der Waals surface area contributed by atoms with Crippen LogP contribution in [-0.2, 0) is 4.79 Å². The molecule has 1 N–H and O–H groups in total. The molecule has 3 heteroatoms. The summed E-state index contributed by atoms with van der Waals surface area (Å²) in [5, 5.41) is 8.66. The fourth-order valence-corrected chi connectivity index (χ4v) is 2.17. The van der Waals surface area contributed by atoms with E-state index in [1.54, 1.807) is 0 Å². The Kier molecular flexibility index (Phi) is 5.09. The quantitative estimate of drug-likeness (QED) is 0.723. The summed E-state index contributed by atoms with van der Waals surface area (Å²) in [7, 11) is 0. The number of hydrogen-bond donors (Lipinski definition) is 1. The number of unbranched alkanes of at least 4 members (excludes halogenated alkanes) is 1. The number of piperidine rings is 1. The van der Waals surface area contributed by atoms with Gasteiger partial charge in [-0.15, -0.1) is 0 Å². The van der Waals surface area contributed by atoms with Crippen LogP contribution in [0.15, 0.2) is 0 Å². The SMILES string of the molecule is CC1CCC(C)N(C(=O)CCCCO)C1. The molecule has 1 fully saturated rings. The third-order valence-corrected chi connectivity index (χ3v) is 3.24. The number of aliphatic hydroxyl groups excluding tert-OH is 1. The molecule has 88 valence electrons. The molecule has 15 heavy (non-hydrogen) atoms. The lowest BCUT2D eigenvalue weighted by Crippen LogP contribution is -2.44. The van der Waals surface area contributed by atoms with Gasteiger partial charge in [-0.05, 0) is 38.5 Å². The van der Waals surface area contributed by atoms with Gasteiger partial charge in [-0.25, -0.2) is 0 Å². The average Bonchev–Trinajstić information content (AvgIpc) is 2.22. The molecule has 0 aromatic heterocycles. The topological polar surface area (TPSA) is 40.5 Å². The van der Waals surface area contributed by atoms with E-state index in [4.69, 9.17) is 5.11 Å². The molecule has 1 aliphatic heterocycles. The number of hydrogen-bond acceptors (Lipinski definition) is 2. The van der Waals surface area contributed by atoms with Gasteiger partial charge in [-0.3, -0.25) is 4.79 Å². The number of nitrogens with zero attached hydrogens (tertiary/aromatic N) is 1. The first-order chi connectivity index (χ1) is 7.15. The van der Waals surface area contributed by atoms with Gasteiger partial charge >= 0.3 is 0 Å². The number of carbonyl (C=O) groups is 1. The fraction of sp³-hybridized carbons (Fsp3) is 0.917. The van der Waals surface area contributed by atoms with Crippen molar-refractivity contribution in [3.8, 4) is 0 Å². The number of amides is 1. The van der Waals surface area contributed by atoms with Gasteiger partial charge in [0.1, 0.15) is 0 Å². The molecule has 1 rings (SSSR count). The number of likely N-dealkylation sites (tertiary alicyclic amines) is 1. The molecular weight excluding hydrogens is 190 g/mol. The summed E-state index contributed by atoms with van der Waals surface area (Å²) < 4.78 is 0. The van der Waals surface area contributed by atoms with Crippen molar-refractivity contribution in [2.24, 2.45) is 5.92 Å². The highest BCUT2D eigenvalue weighted by Gasteiger charge is 2.26. The van der Waals surface area contributed by atoms with Gasteiger partial charge in [0.2, 0.25) is 5.91 Å². The number of carbonyl (C=O) groups excluding carboxylic acids is 1. The molecule has 0 aliphatic carbocycles. The molecule has 2 unspecified atom stereocenters. The van der Waals surface area contributed by atoms with Crippen molar-refractivity contribution in [2.75, 3.05) is 13.2 Å². The second-order valence-electron chi connectivity index (χ2n) is 4.76. The number of aliphatic hydroxyl groups is 1. The van der Waals surface area contributed by atoms with E-state index < -0.39 is 0 Å². The summed E-state index contributed by atoms with van der Waals surface area (Å²) in [5.74, 6) is 0.908. The lowest BCUT2D eigenvalue weighted by molar-refractivity contribution is -0.135. The van der Waals surface area contributed by atoms with Crippen LogP contribution in [-0.4, -0.2) is 35.1 Å². The van der Waals surface area contributed by atoms with Crippen molar-refractivity contribution < 1.29 is 9.90 Å². The summed E-state index contributed by atoms with van der Waals surface area (Å²) >= 11 is 0. The summed E-state index contributed by atoms with van der Waals surface area (Å²) in [6.45, 7) is 5.45. The standard InChI is InChI=1S/C12H23NO2/c1-10-6-7-11(2)13(9-10)12(15)5-3-4-8-14/h10-11,14H,3-9H2,1-2H3. The van der Waals surface area contributed by atoms with Gasteiger partial charge in [-0.1, -0.05) is 6.92 Å². The molecule has 1 aliphatic rings. The van der Waals surface area contributed by atoms with E-state index in [9.17, 15) is 4.79 Å². The van der Waals surface area contributed by atoms with Crippen LogP contribution in [0.25, 0.3) is 0 Å². The Labute approximate surface area is 92.5 Å². The largest absolute Gasteiger partial charge is 0.396 e. The van der Waals surface area contributed by atoms with E-state index in [2.05, 4.69) is 13.8 Å². The Hall–Kier alpha value is -0.570. The molecule has 0 aromatic carbocycles. The average molecular weight is 213 g/mol. The van der Waals surface area contributed by atoms with Gasteiger partial charge < -0.3 is 10.0 Å². The minimum Gasteiger partial charge on any atom is -0.396 e. The summed E-state index contributed by atoms with van der Waals surface area (Å²) in [5.41, 5.74) is 0. The van der Waals surface area contributed by atoms with Gasteiger partial charge in [0.25, 0.3) is 0 Å². The van der Waals surface area contributed by atoms with Gasteiger partial charge in [0, 0.05) is 25.6 Å². The third kappa shape index (κ3) is 3.82. The van der Waals surface area contributed by atoms with Crippen molar-refractivity contribution in [1.82, 2.24) is 4.90 Å². The molecule has 0 bridgehead atoms. The molecule has 0 saturated carbocycles. The zero-order valence-corrected chi connectivity index (χ0v) is 9.91. The Morgan fingerprint density at radius 3 is 2.73 bits per heavy atom. The Balaban J connectivity index is 2.35. The maximum Gasteiger partial charge on any atom is 0.222 e. The Bertz CT molecular complexity index is 206. The van der Waals surface area contributed by atoms with Crippen molar-refractivity contribution in [3.63, 3.8) is 0 Å². The highest BCUT2D eigenvalue weighted by Crippen LogP contribution is 2.22. The molecule has 1 amide bonds. The van der Waals surface area contributed by atoms with Gasteiger partial charge in [0.05, 0.1) is 0 Å². The van der Waals surface area contributed by atoms with E-state index in [1.807, 2.05) is 4.90 Å². The molecule has 0 aromatic rings. The summed E-state index contributed by atoms with van der Waals surface area (Å²) in [6.07, 6.45) is 4.52. The van der Waals surface area contributed by atoms with E-state index in [0.29, 0.717) is 18.4 Å². The molecule has 3 nitrogen and oxygen atoms in total. The molecule has 0 radical (unpaired) electrons. The van der Waals surface area contributed by atoms with Crippen molar-refractivity contribution in [1.29, 1.82) is 0 Å². The van der Waals surface area contributed by atoms with Gasteiger partial charge in [-0.2, -0.15) is 0 Å². The molecular formula is C12H23NO2. The first-order valence-corrected chi connectivity index (χ1v) is 6.05. The minimum absolute atomic E-state index is 0.194. The maximum atomic E-state index is 11.9. The van der Waals surface area contributed by atoms with E-state index >= 15 is 0 Å². The monoisotopic (exact) mass is 213 g/mol. The second-order valence-corrected chi connectivity index (χ2v) is 4.76. The van der Waals surface area contributed by atoms with Crippen molar-refractivity contribution in [2.45, 2.75) is 52.0 Å². The zero-order valence-electron chi connectivity index (χ0n) is 9.91. The minimum atomic E-state index is 0.194. The lowest BCUT2D eigenvalue weighted by Gasteiger charge is -2.37. The van der Waals surface area contributed by atoms with Crippen LogP contribution in [0, 0.1) is 5.92 Å². The Morgan fingerprint density at radius 2 is 2.07 bits per heavy atom. The lowest BCUT2D eigenvalue weighted by atomic mass is 9.94. The zero-order chi connectivity index (χ0) is 11.3. The van der Waals surface area contributed by atoms with E-state index in [-0.39, 0.29) is 12.5 Å². The van der Waals surface area contributed by atoms with Crippen LogP contribution in [0.4, 0.5) is 0 Å². The molecule has 0 spiro atoms. The highest BCUT2D eigenvalue weighted by molar-refractivity contribution is 5.76. The normalized spacial score (nSPS) is 26.7. The van der Waals surface area contributed by atoms with Crippen LogP contribution < -0.4 is 0 Å². The predicted octanol–water partition coefficient (Wildman–Crippen LogP) is 1.80. The summed E-state index contributed by atoms with van der Waals surface area (Å²) in [6, 6.07) is 0.405. The predicted molar refractivity (Wildman–Crippen MR) is 60.5 cm³/mol. The second kappa shape index (κ2) is 6.11. The van der Waals surface area contributed by atoms with Crippen molar-refractivity contribution in [3.05, 3.63) is 0 Å². The van der Waals surface area contributed by atoms with Crippen LogP contribution in [0.5, 0.6) is 0 Å². The first-order valence-electron chi connectivity index (χ1n) is 6.05. The van der Waals surface area contributed by atoms with E-state index in [0.717, 1.165) is 25.8 Å². The highest BCUT2D eigenvalue weighted by atomic mass is 16.3. The van der Waals surface area contributed by atoms with Crippen LogP contribution in [0.2, 0.25) is 0 Å². The Morgan fingerprint density at radius 1 is 1.33 bits per heavy atom. The van der Waals surface area contributed by atoms with Crippen molar-refractivity contribution >= 4 is 5.91 Å². The fourth-order valence-electron chi connectivity index (χ4n) is 2.17. The van der Waals surface area contributed by atoms with Crippen LogP contribution in [0.3, 0.4) is 0 Å². The maximum absolute atomic E-state index is 11.9. The van der Waals surface area contributed by atoms with Crippen LogP contribution >= 0.6 is 0 Å². The number of rotatable bonds is 4. The molecule has 1 saturated heterocycles. The smallest absolute Gasteiger partial charge is 0.222 e. The first kappa shape index (κ1) is 12.5.